The Bertz CT molecular complexity index is 753. The van der Waals surface area contributed by atoms with Crippen LogP contribution in [0.5, 0.6) is 0 Å². The van der Waals surface area contributed by atoms with Gasteiger partial charge in [-0.05, 0) is 57.4 Å². The van der Waals surface area contributed by atoms with E-state index in [1.807, 2.05) is 25.3 Å². The molecule has 2 aromatic heterocycles. The van der Waals surface area contributed by atoms with Gasteiger partial charge < -0.3 is 11.1 Å². The van der Waals surface area contributed by atoms with Crippen molar-refractivity contribution in [1.82, 2.24) is 14.9 Å². The van der Waals surface area contributed by atoms with Crippen molar-refractivity contribution in [2.75, 3.05) is 0 Å². The molecule has 0 spiro atoms. The van der Waals surface area contributed by atoms with E-state index in [-0.39, 0.29) is 11.9 Å². The highest BCUT2D eigenvalue weighted by atomic mass is 32.1. The van der Waals surface area contributed by atoms with Crippen molar-refractivity contribution in [2.45, 2.75) is 58.0 Å². The standard InChI is InChI=1S/C19H26N4OS/c1-11-8-16(12(2)23(11)19-21-6-7-25-19)18(24)22-17-13-4-3-5-14(17)10-15(20)9-13/h6-8,13-15,17H,3-5,9-10,20H2,1-2H3,(H,22,24). The summed E-state index contributed by atoms with van der Waals surface area (Å²) < 4.78 is 2.07. The molecule has 4 rings (SSSR count). The van der Waals surface area contributed by atoms with Crippen LogP contribution in [0.3, 0.4) is 0 Å². The first-order chi connectivity index (χ1) is 12.0. The molecule has 0 aliphatic heterocycles. The van der Waals surface area contributed by atoms with Gasteiger partial charge in [-0.25, -0.2) is 4.98 Å². The molecular weight excluding hydrogens is 332 g/mol. The van der Waals surface area contributed by atoms with Crippen LogP contribution < -0.4 is 11.1 Å². The summed E-state index contributed by atoms with van der Waals surface area (Å²) >= 11 is 1.59. The minimum Gasteiger partial charge on any atom is -0.349 e. The molecule has 2 aromatic rings. The number of nitrogens with two attached hydrogens (primary N) is 1. The molecule has 2 bridgehead atoms. The first kappa shape index (κ1) is 16.8. The van der Waals surface area contributed by atoms with Crippen LogP contribution in [0.15, 0.2) is 17.6 Å². The van der Waals surface area contributed by atoms with Crippen LogP contribution in [0.2, 0.25) is 0 Å². The fraction of sp³-hybridized carbons (Fsp3) is 0.579. The first-order valence-corrected chi connectivity index (χ1v) is 10.1. The molecular formula is C19H26N4OS. The number of nitrogens with one attached hydrogen (secondary N) is 1. The average molecular weight is 359 g/mol. The van der Waals surface area contributed by atoms with Crippen molar-refractivity contribution >= 4 is 17.2 Å². The average Bonchev–Trinajstić information content (AvgIpc) is 3.16. The van der Waals surface area contributed by atoms with E-state index < -0.39 is 0 Å². The third kappa shape index (κ3) is 3.02. The Morgan fingerprint density at radius 3 is 2.68 bits per heavy atom. The highest BCUT2D eigenvalue weighted by molar-refractivity contribution is 7.12. The van der Waals surface area contributed by atoms with E-state index in [1.165, 1.54) is 19.3 Å². The van der Waals surface area contributed by atoms with Gasteiger partial charge >= 0.3 is 0 Å². The molecule has 2 aliphatic rings. The molecule has 1 amide bonds. The van der Waals surface area contributed by atoms with Gasteiger partial charge in [0.2, 0.25) is 0 Å². The lowest BCUT2D eigenvalue weighted by atomic mass is 9.67. The van der Waals surface area contributed by atoms with Crippen LogP contribution in [0.1, 0.15) is 53.8 Å². The predicted molar refractivity (Wildman–Crippen MR) is 100 cm³/mol. The summed E-state index contributed by atoms with van der Waals surface area (Å²) in [4.78, 5) is 17.4. The summed E-state index contributed by atoms with van der Waals surface area (Å²) in [5.74, 6) is 1.12. The zero-order valence-electron chi connectivity index (χ0n) is 14.9. The summed E-state index contributed by atoms with van der Waals surface area (Å²) in [6.07, 6.45) is 7.53. The second-order valence-corrected chi connectivity index (χ2v) is 8.49. The van der Waals surface area contributed by atoms with Gasteiger partial charge in [0.25, 0.3) is 5.91 Å². The number of carbonyl (C=O) groups is 1. The number of fused-ring (bicyclic) bond motifs is 2. The predicted octanol–water partition coefficient (Wildman–Crippen LogP) is 3.19. The molecule has 2 fully saturated rings. The summed E-state index contributed by atoms with van der Waals surface area (Å²) in [5.41, 5.74) is 8.98. The van der Waals surface area contributed by atoms with E-state index in [4.69, 9.17) is 5.73 Å². The van der Waals surface area contributed by atoms with Gasteiger partial charge in [-0.1, -0.05) is 6.42 Å². The summed E-state index contributed by atoms with van der Waals surface area (Å²) in [7, 11) is 0. The molecule has 2 atom stereocenters. The third-order valence-corrected chi connectivity index (χ3v) is 6.72. The smallest absolute Gasteiger partial charge is 0.253 e. The molecule has 2 aliphatic carbocycles. The second-order valence-electron chi connectivity index (χ2n) is 7.62. The van der Waals surface area contributed by atoms with E-state index in [2.05, 4.69) is 14.9 Å². The third-order valence-electron chi connectivity index (χ3n) is 5.96. The van der Waals surface area contributed by atoms with E-state index in [1.54, 1.807) is 17.5 Å². The van der Waals surface area contributed by atoms with Crippen LogP contribution in [0.25, 0.3) is 5.13 Å². The normalized spacial score (nSPS) is 28.8. The largest absolute Gasteiger partial charge is 0.349 e. The van der Waals surface area contributed by atoms with Crippen molar-refractivity contribution in [3.8, 4) is 5.13 Å². The number of hydrogen-bond acceptors (Lipinski definition) is 4. The Hall–Kier alpha value is -1.66. The second kappa shape index (κ2) is 6.57. The highest BCUT2D eigenvalue weighted by Gasteiger charge is 2.40. The van der Waals surface area contributed by atoms with Crippen molar-refractivity contribution in [3.05, 3.63) is 34.6 Å². The molecule has 2 unspecified atom stereocenters. The van der Waals surface area contributed by atoms with E-state index in [0.29, 0.717) is 17.9 Å². The molecule has 5 nitrogen and oxygen atoms in total. The van der Waals surface area contributed by atoms with Gasteiger partial charge in [-0.15, -0.1) is 11.3 Å². The van der Waals surface area contributed by atoms with Crippen molar-refractivity contribution in [2.24, 2.45) is 17.6 Å². The first-order valence-electron chi connectivity index (χ1n) is 9.20. The Morgan fingerprint density at radius 2 is 2.04 bits per heavy atom. The lowest BCUT2D eigenvalue weighted by Crippen LogP contribution is -2.53. The number of thiazole rings is 1. The number of amides is 1. The minimum atomic E-state index is 0.0493. The Labute approximate surface area is 152 Å². The number of nitrogens with zero attached hydrogens (tertiary/aromatic N) is 2. The van der Waals surface area contributed by atoms with E-state index in [9.17, 15) is 4.79 Å². The minimum absolute atomic E-state index is 0.0493. The molecule has 25 heavy (non-hydrogen) atoms. The van der Waals surface area contributed by atoms with Gasteiger partial charge in [-0.2, -0.15) is 0 Å². The molecule has 0 saturated heterocycles. The number of aromatic nitrogens is 2. The summed E-state index contributed by atoms with van der Waals surface area (Å²) in [6.45, 7) is 4.03. The van der Waals surface area contributed by atoms with Gasteiger partial charge in [0.1, 0.15) is 0 Å². The topological polar surface area (TPSA) is 72.9 Å². The molecule has 134 valence electrons. The quantitative estimate of drug-likeness (QED) is 0.885. The molecule has 0 aromatic carbocycles. The van der Waals surface area contributed by atoms with Gasteiger partial charge in [0, 0.05) is 35.0 Å². The fourth-order valence-electron chi connectivity index (χ4n) is 4.87. The highest BCUT2D eigenvalue weighted by Crippen LogP contribution is 2.39. The molecule has 2 heterocycles. The Kier molecular flexibility index (Phi) is 4.41. The molecule has 2 saturated carbocycles. The number of aryl methyl sites for hydroxylation is 1. The Balaban J connectivity index is 1.57. The van der Waals surface area contributed by atoms with Crippen molar-refractivity contribution in [1.29, 1.82) is 0 Å². The van der Waals surface area contributed by atoms with Crippen LogP contribution in [-0.4, -0.2) is 27.5 Å². The zero-order valence-corrected chi connectivity index (χ0v) is 15.7. The summed E-state index contributed by atoms with van der Waals surface area (Å²) in [5, 5.41) is 6.23. The zero-order chi connectivity index (χ0) is 17.6. The number of carbonyl (C=O) groups excluding carboxylic acids is 1. The van der Waals surface area contributed by atoms with Crippen molar-refractivity contribution in [3.63, 3.8) is 0 Å². The maximum absolute atomic E-state index is 13.0. The van der Waals surface area contributed by atoms with Crippen LogP contribution >= 0.6 is 11.3 Å². The SMILES string of the molecule is Cc1cc(C(=O)NC2C3CCCC2CC(N)C3)c(C)n1-c1nccs1. The maximum atomic E-state index is 13.0. The molecule has 0 radical (unpaired) electrons. The van der Waals surface area contributed by atoms with Crippen molar-refractivity contribution < 1.29 is 4.79 Å². The van der Waals surface area contributed by atoms with Crippen LogP contribution in [0.4, 0.5) is 0 Å². The maximum Gasteiger partial charge on any atom is 0.253 e. The number of hydrogen-bond donors (Lipinski definition) is 2. The van der Waals surface area contributed by atoms with Crippen LogP contribution in [0, 0.1) is 25.7 Å². The lowest BCUT2D eigenvalue weighted by molar-refractivity contribution is 0.0755. The summed E-state index contributed by atoms with van der Waals surface area (Å²) in [6, 6.07) is 2.57. The molecule has 6 heteroatoms. The van der Waals surface area contributed by atoms with E-state index >= 15 is 0 Å². The van der Waals surface area contributed by atoms with Gasteiger partial charge in [-0.3, -0.25) is 9.36 Å². The van der Waals surface area contributed by atoms with E-state index in [0.717, 1.165) is 34.9 Å². The van der Waals surface area contributed by atoms with Gasteiger partial charge in [0.15, 0.2) is 5.13 Å². The Morgan fingerprint density at radius 1 is 1.32 bits per heavy atom. The lowest BCUT2D eigenvalue weighted by Gasteiger charge is -2.45. The van der Waals surface area contributed by atoms with Gasteiger partial charge in [0.05, 0.1) is 5.56 Å². The monoisotopic (exact) mass is 358 g/mol. The number of rotatable bonds is 3. The fourth-order valence-corrected chi connectivity index (χ4v) is 5.62. The molecule has 3 N–H and O–H groups in total. The van der Waals surface area contributed by atoms with Crippen LogP contribution in [-0.2, 0) is 0 Å².